The molecule has 200 valence electrons. The maximum absolute atomic E-state index is 13.9. The second-order valence-electron chi connectivity index (χ2n) is 10.7. The van der Waals surface area contributed by atoms with Gasteiger partial charge in [0.2, 0.25) is 0 Å². The van der Waals surface area contributed by atoms with Crippen LogP contribution in [0.4, 0.5) is 9.18 Å². The predicted molar refractivity (Wildman–Crippen MR) is 138 cm³/mol. The fourth-order valence-corrected chi connectivity index (χ4v) is 6.14. The van der Waals surface area contributed by atoms with E-state index in [1.165, 1.54) is 18.4 Å². The first-order valence-electron chi connectivity index (χ1n) is 12.3. The smallest absolute Gasteiger partial charge is 0.407 e. The Labute approximate surface area is 217 Å². The van der Waals surface area contributed by atoms with Gasteiger partial charge >= 0.3 is 6.09 Å². The molecule has 2 amide bonds. The van der Waals surface area contributed by atoms with Gasteiger partial charge in [0.25, 0.3) is 5.91 Å². The molecule has 2 aromatic rings. The summed E-state index contributed by atoms with van der Waals surface area (Å²) in [5, 5.41) is 1.94. The predicted octanol–water partition coefficient (Wildman–Crippen LogP) is 4.03. The molecule has 0 aromatic heterocycles. The van der Waals surface area contributed by atoms with Crippen LogP contribution in [0.3, 0.4) is 0 Å². The van der Waals surface area contributed by atoms with E-state index >= 15 is 0 Å². The van der Waals surface area contributed by atoms with Gasteiger partial charge in [0.15, 0.2) is 0 Å². The van der Waals surface area contributed by atoms with E-state index in [0.717, 1.165) is 16.7 Å². The second-order valence-corrected chi connectivity index (χ2v) is 13.1. The summed E-state index contributed by atoms with van der Waals surface area (Å²) in [6, 6.07) is 12.8. The Balaban J connectivity index is 1.61. The van der Waals surface area contributed by atoms with Gasteiger partial charge in [-0.3, -0.25) is 9.57 Å². The van der Waals surface area contributed by atoms with E-state index < -0.39 is 44.9 Å². The third-order valence-corrected chi connectivity index (χ3v) is 8.31. The normalized spacial score (nSPS) is 25.5. The molecule has 0 saturated carbocycles. The first-order chi connectivity index (χ1) is 17.3. The van der Waals surface area contributed by atoms with Crippen molar-refractivity contribution >= 4 is 21.7 Å². The number of rotatable bonds is 4. The topological polar surface area (TPSA) is 109 Å². The third-order valence-electron chi connectivity index (χ3n) is 6.69. The number of nitrogens with one attached hydrogen (secondary N) is 2. The average Bonchev–Trinajstić information content (AvgIpc) is 2.81. The van der Waals surface area contributed by atoms with Gasteiger partial charge in [0.1, 0.15) is 17.5 Å². The molecule has 0 bridgehead atoms. The summed E-state index contributed by atoms with van der Waals surface area (Å²) in [5.41, 5.74) is 2.13. The van der Waals surface area contributed by atoms with E-state index in [1.54, 1.807) is 37.8 Å². The van der Waals surface area contributed by atoms with Crippen molar-refractivity contribution < 1.29 is 27.7 Å². The molecular formula is C27H34FN3O5S. The zero-order valence-electron chi connectivity index (χ0n) is 21.5. The molecule has 10 heteroatoms. The number of benzene rings is 2. The number of fused-ring (bicyclic) bond motifs is 1. The van der Waals surface area contributed by atoms with Gasteiger partial charge in [-0.25, -0.2) is 13.4 Å². The molecule has 8 nitrogen and oxygen atoms in total. The molecule has 2 aliphatic heterocycles. The summed E-state index contributed by atoms with van der Waals surface area (Å²) in [7, 11) is -3.09. The maximum Gasteiger partial charge on any atom is 0.407 e. The molecule has 0 radical (unpaired) electrons. The van der Waals surface area contributed by atoms with Gasteiger partial charge in [-0.2, -0.15) is 0 Å². The summed E-state index contributed by atoms with van der Waals surface area (Å²) in [4.78, 5) is 28.2. The van der Waals surface area contributed by atoms with Crippen LogP contribution in [-0.2, 0) is 30.4 Å². The van der Waals surface area contributed by atoms with Gasteiger partial charge in [0, 0.05) is 29.0 Å². The van der Waals surface area contributed by atoms with Crippen LogP contribution in [0.25, 0.3) is 0 Å². The highest BCUT2D eigenvalue weighted by atomic mass is 32.2. The highest BCUT2D eigenvalue weighted by molar-refractivity contribution is 7.92. The number of amides is 2. The third kappa shape index (κ3) is 6.30. The standard InChI is InChI=1S/C27H34FN3O5S/c1-27(2,3)36-26(33)30-21-15-22(35-16-23(21)37(4,29)34)25(32)31-14-13-17-7-5-6-8-20(17)24(31)18-9-11-19(28)12-10-18/h5-12,21-24,29H,13-16H2,1-4H3,(H,30,33)/t21-,22+,23-,24-,37+/m0/s1. The molecule has 37 heavy (non-hydrogen) atoms. The Morgan fingerprint density at radius 1 is 1.16 bits per heavy atom. The minimum atomic E-state index is -3.09. The van der Waals surface area contributed by atoms with Gasteiger partial charge < -0.3 is 19.7 Å². The van der Waals surface area contributed by atoms with Crippen LogP contribution >= 0.6 is 0 Å². The van der Waals surface area contributed by atoms with Crippen LogP contribution in [0.5, 0.6) is 0 Å². The Hall–Kier alpha value is -2.98. The molecule has 0 unspecified atom stereocenters. The average molecular weight is 532 g/mol. The lowest BCUT2D eigenvalue weighted by atomic mass is 9.87. The van der Waals surface area contributed by atoms with E-state index in [1.807, 2.05) is 24.3 Å². The SMILES string of the molecule is CC(C)(C)OC(=O)N[C@H]1C[C@H](C(=O)N2CCc3ccccc3[C@@H]2c2ccc(F)cc2)OC[C@@H]1[S@](C)(=N)=O. The van der Waals surface area contributed by atoms with Crippen LogP contribution in [0.1, 0.15) is 49.9 Å². The van der Waals surface area contributed by atoms with Crippen molar-refractivity contribution in [1.82, 2.24) is 10.2 Å². The quantitative estimate of drug-likeness (QED) is 0.619. The molecule has 4 rings (SSSR count). The van der Waals surface area contributed by atoms with E-state index in [9.17, 15) is 18.2 Å². The Morgan fingerprint density at radius 3 is 2.49 bits per heavy atom. The molecule has 5 atom stereocenters. The zero-order valence-corrected chi connectivity index (χ0v) is 22.3. The summed E-state index contributed by atoms with van der Waals surface area (Å²) in [6.45, 7) is 5.53. The molecule has 0 spiro atoms. The van der Waals surface area contributed by atoms with Gasteiger partial charge in [-0.1, -0.05) is 36.4 Å². The molecule has 0 aliphatic carbocycles. The zero-order chi connectivity index (χ0) is 27.0. The molecule has 2 N–H and O–H groups in total. The lowest BCUT2D eigenvalue weighted by molar-refractivity contribution is -0.149. The van der Waals surface area contributed by atoms with Crippen LogP contribution in [0.2, 0.25) is 0 Å². The first kappa shape index (κ1) is 27.1. The lowest BCUT2D eigenvalue weighted by Gasteiger charge is -2.42. The lowest BCUT2D eigenvalue weighted by Crippen LogP contribution is -2.58. The van der Waals surface area contributed by atoms with E-state index in [0.29, 0.717) is 13.0 Å². The molecular weight excluding hydrogens is 497 g/mol. The molecule has 1 fully saturated rings. The Kier molecular flexibility index (Phi) is 7.62. The van der Waals surface area contributed by atoms with Gasteiger partial charge in [-0.05, 0) is 56.0 Å². The molecule has 1 saturated heterocycles. The molecule has 2 aliphatic rings. The number of alkyl carbamates (subject to hydrolysis) is 1. The Bertz CT molecular complexity index is 1260. The summed E-state index contributed by atoms with van der Waals surface area (Å²) in [6.07, 6.45) is 0.408. The number of carbonyl (C=O) groups is 2. The van der Waals surface area contributed by atoms with Crippen molar-refractivity contribution in [2.75, 3.05) is 19.4 Å². The number of halogens is 1. The molecule has 2 aromatic carbocycles. The summed E-state index contributed by atoms with van der Waals surface area (Å²) in [5.74, 6) is -0.632. The van der Waals surface area contributed by atoms with Crippen LogP contribution < -0.4 is 5.32 Å². The minimum absolute atomic E-state index is 0.0563. The fraction of sp³-hybridized carbons (Fsp3) is 0.481. The Morgan fingerprint density at radius 2 is 1.84 bits per heavy atom. The van der Waals surface area contributed by atoms with Crippen LogP contribution in [0, 0.1) is 10.6 Å². The summed E-state index contributed by atoms with van der Waals surface area (Å²) >= 11 is 0. The van der Waals surface area contributed by atoms with Crippen molar-refractivity contribution in [2.24, 2.45) is 0 Å². The number of hydrogen-bond acceptors (Lipinski definition) is 6. The van der Waals surface area contributed by atoms with Crippen molar-refractivity contribution in [2.45, 2.75) is 62.7 Å². The molecule has 2 heterocycles. The van der Waals surface area contributed by atoms with Crippen molar-refractivity contribution in [3.8, 4) is 0 Å². The fourth-order valence-electron chi connectivity index (χ4n) is 5.00. The van der Waals surface area contributed by atoms with E-state index in [4.69, 9.17) is 14.3 Å². The second kappa shape index (κ2) is 10.4. The van der Waals surface area contributed by atoms with Crippen LogP contribution in [0.15, 0.2) is 48.5 Å². The number of nitrogens with zero attached hydrogens (tertiary/aromatic N) is 1. The van der Waals surface area contributed by atoms with Crippen LogP contribution in [-0.4, -0.2) is 63.5 Å². The first-order valence-corrected chi connectivity index (χ1v) is 14.3. The van der Waals surface area contributed by atoms with Crippen molar-refractivity contribution in [3.63, 3.8) is 0 Å². The van der Waals surface area contributed by atoms with E-state index in [-0.39, 0.29) is 24.8 Å². The van der Waals surface area contributed by atoms with E-state index in [2.05, 4.69) is 5.32 Å². The highest BCUT2D eigenvalue weighted by Gasteiger charge is 2.43. The van der Waals surface area contributed by atoms with Gasteiger partial charge in [-0.15, -0.1) is 0 Å². The van der Waals surface area contributed by atoms with Crippen molar-refractivity contribution in [1.29, 1.82) is 4.78 Å². The number of ether oxygens (including phenoxy) is 2. The highest BCUT2D eigenvalue weighted by Crippen LogP contribution is 2.36. The maximum atomic E-state index is 13.9. The number of carbonyl (C=O) groups excluding carboxylic acids is 2. The monoisotopic (exact) mass is 531 g/mol. The largest absolute Gasteiger partial charge is 0.444 e. The van der Waals surface area contributed by atoms with Crippen molar-refractivity contribution in [3.05, 3.63) is 71.0 Å². The van der Waals surface area contributed by atoms with Gasteiger partial charge in [0.05, 0.1) is 23.9 Å². The number of hydrogen-bond donors (Lipinski definition) is 2. The summed E-state index contributed by atoms with van der Waals surface area (Å²) < 4.78 is 45.7. The minimum Gasteiger partial charge on any atom is -0.444 e.